The summed E-state index contributed by atoms with van der Waals surface area (Å²) >= 11 is 0. The number of nitrogens with zero attached hydrogens (tertiary/aromatic N) is 1. The van der Waals surface area contributed by atoms with E-state index in [0.29, 0.717) is 17.9 Å². The lowest BCUT2D eigenvalue weighted by molar-refractivity contribution is -0.139. The van der Waals surface area contributed by atoms with Gasteiger partial charge in [0.2, 0.25) is 0 Å². The Labute approximate surface area is 168 Å². The lowest BCUT2D eigenvalue weighted by atomic mass is 10.2. The van der Waals surface area contributed by atoms with E-state index in [4.69, 9.17) is 4.74 Å². The Bertz CT molecular complexity index is 881. The summed E-state index contributed by atoms with van der Waals surface area (Å²) < 4.78 is 5.47. The molecule has 0 spiro atoms. The van der Waals surface area contributed by atoms with Crippen molar-refractivity contribution in [3.8, 4) is 5.75 Å². The van der Waals surface area contributed by atoms with Gasteiger partial charge in [0.15, 0.2) is 6.61 Å². The maximum Gasteiger partial charge on any atom is 0.329 e. The van der Waals surface area contributed by atoms with Gasteiger partial charge in [-0.3, -0.25) is 14.4 Å². The van der Waals surface area contributed by atoms with Crippen molar-refractivity contribution in [3.05, 3.63) is 78.4 Å². The van der Waals surface area contributed by atoms with E-state index >= 15 is 0 Å². The number of carbonyl (C=O) groups excluding carboxylic acids is 3. The molecule has 0 atom stereocenters. The van der Waals surface area contributed by atoms with Crippen LogP contribution in [0.3, 0.4) is 0 Å². The summed E-state index contributed by atoms with van der Waals surface area (Å²) in [5.74, 6) is -1.46. The number of hydrazone groups is 1. The van der Waals surface area contributed by atoms with E-state index in [1.807, 2.05) is 30.3 Å². The van der Waals surface area contributed by atoms with Gasteiger partial charge < -0.3 is 15.4 Å². The first kappa shape index (κ1) is 21.4. The first-order chi connectivity index (χ1) is 14.1. The highest BCUT2D eigenvalue weighted by Gasteiger charge is 2.10. The van der Waals surface area contributed by atoms with Crippen LogP contribution in [0.15, 0.2) is 72.4 Å². The van der Waals surface area contributed by atoms with Crippen molar-refractivity contribution < 1.29 is 19.1 Å². The molecule has 0 bridgehead atoms. The minimum atomic E-state index is -0.884. The zero-order chi connectivity index (χ0) is 20.9. The standard InChI is InChI=1S/C21H22N4O4/c1-2-11-22-20(27)21(28)25-24-14-17-9-6-10-18(12-17)29-15-19(26)23-13-16-7-4-3-5-8-16/h2-10,12,14H,1,11,13,15H2,(H,22,27)(H,23,26)(H,25,28)/b24-14-. The van der Waals surface area contributed by atoms with E-state index in [9.17, 15) is 14.4 Å². The average molecular weight is 394 g/mol. The fourth-order valence-corrected chi connectivity index (χ4v) is 2.14. The molecule has 0 unspecified atom stereocenters. The Morgan fingerprint density at radius 3 is 2.55 bits per heavy atom. The molecule has 3 N–H and O–H groups in total. The maximum absolute atomic E-state index is 11.9. The number of benzene rings is 2. The maximum atomic E-state index is 11.9. The summed E-state index contributed by atoms with van der Waals surface area (Å²) in [6.07, 6.45) is 2.82. The molecule has 29 heavy (non-hydrogen) atoms. The third kappa shape index (κ3) is 8.08. The van der Waals surface area contributed by atoms with E-state index in [-0.39, 0.29) is 19.1 Å². The smallest absolute Gasteiger partial charge is 0.329 e. The van der Waals surface area contributed by atoms with E-state index in [1.54, 1.807) is 24.3 Å². The Balaban J connectivity index is 1.78. The molecule has 8 nitrogen and oxygen atoms in total. The molecule has 8 heteroatoms. The Hall–Kier alpha value is -3.94. The number of hydrogen-bond donors (Lipinski definition) is 3. The summed E-state index contributed by atoms with van der Waals surface area (Å²) in [5.41, 5.74) is 3.74. The highest BCUT2D eigenvalue weighted by Crippen LogP contribution is 2.11. The number of amides is 3. The van der Waals surface area contributed by atoms with Gasteiger partial charge >= 0.3 is 11.8 Å². The molecule has 150 valence electrons. The van der Waals surface area contributed by atoms with Gasteiger partial charge in [0.25, 0.3) is 5.91 Å². The predicted octanol–water partition coefficient (Wildman–Crippen LogP) is 1.13. The van der Waals surface area contributed by atoms with Crippen molar-refractivity contribution in [1.82, 2.24) is 16.1 Å². The molecule has 0 aliphatic rings. The molecule has 0 saturated heterocycles. The van der Waals surface area contributed by atoms with Crippen LogP contribution < -0.4 is 20.8 Å². The first-order valence-electron chi connectivity index (χ1n) is 8.84. The van der Waals surface area contributed by atoms with Crippen molar-refractivity contribution in [1.29, 1.82) is 0 Å². The summed E-state index contributed by atoms with van der Waals surface area (Å²) in [5, 5.41) is 8.83. The van der Waals surface area contributed by atoms with Crippen LogP contribution in [-0.2, 0) is 20.9 Å². The Kier molecular flexibility index (Phi) is 8.62. The molecule has 0 heterocycles. The number of hydrogen-bond acceptors (Lipinski definition) is 5. The zero-order valence-corrected chi connectivity index (χ0v) is 15.8. The Morgan fingerprint density at radius 2 is 1.79 bits per heavy atom. The third-order valence-electron chi connectivity index (χ3n) is 3.55. The van der Waals surface area contributed by atoms with Gasteiger partial charge in [-0.2, -0.15) is 5.10 Å². The summed E-state index contributed by atoms with van der Waals surface area (Å²) in [6.45, 7) is 3.92. The number of ether oxygens (including phenoxy) is 1. The van der Waals surface area contributed by atoms with Gasteiger partial charge in [-0.05, 0) is 23.3 Å². The lowest BCUT2D eigenvalue weighted by Crippen LogP contribution is -2.37. The quantitative estimate of drug-likeness (QED) is 0.256. The van der Waals surface area contributed by atoms with Gasteiger partial charge in [-0.25, -0.2) is 5.43 Å². The third-order valence-corrected chi connectivity index (χ3v) is 3.55. The van der Waals surface area contributed by atoms with Crippen LogP contribution in [0, 0.1) is 0 Å². The van der Waals surface area contributed by atoms with Crippen LogP contribution in [0.25, 0.3) is 0 Å². The lowest BCUT2D eigenvalue weighted by Gasteiger charge is -2.08. The second kappa shape index (κ2) is 11.7. The molecular weight excluding hydrogens is 372 g/mol. The molecule has 2 rings (SSSR count). The molecule has 3 amide bonds. The van der Waals surface area contributed by atoms with Crippen LogP contribution in [-0.4, -0.2) is 37.1 Å². The van der Waals surface area contributed by atoms with E-state index in [0.717, 1.165) is 5.56 Å². The summed E-state index contributed by atoms with van der Waals surface area (Å²) in [7, 11) is 0. The molecule has 0 aliphatic carbocycles. The van der Waals surface area contributed by atoms with Crippen molar-refractivity contribution in [2.24, 2.45) is 5.10 Å². The van der Waals surface area contributed by atoms with Gasteiger partial charge in [0.05, 0.1) is 6.21 Å². The van der Waals surface area contributed by atoms with Crippen LogP contribution in [0.1, 0.15) is 11.1 Å². The number of rotatable bonds is 9. The van der Waals surface area contributed by atoms with Crippen LogP contribution >= 0.6 is 0 Å². The highest BCUT2D eigenvalue weighted by atomic mass is 16.5. The fourth-order valence-electron chi connectivity index (χ4n) is 2.14. The molecule has 0 fully saturated rings. The van der Waals surface area contributed by atoms with E-state index in [1.165, 1.54) is 12.3 Å². The van der Waals surface area contributed by atoms with Crippen LogP contribution in [0.4, 0.5) is 0 Å². The minimum Gasteiger partial charge on any atom is -0.484 e. The van der Waals surface area contributed by atoms with Crippen LogP contribution in [0.5, 0.6) is 5.75 Å². The monoisotopic (exact) mass is 394 g/mol. The molecule has 0 saturated carbocycles. The van der Waals surface area contributed by atoms with Gasteiger partial charge in [0.1, 0.15) is 5.75 Å². The molecule has 2 aromatic carbocycles. The SMILES string of the molecule is C=CCNC(=O)C(=O)N/N=C\c1cccc(OCC(=O)NCc2ccccc2)c1. The average Bonchev–Trinajstić information content (AvgIpc) is 2.75. The second-order valence-corrected chi connectivity index (χ2v) is 5.82. The van der Waals surface area contributed by atoms with E-state index in [2.05, 4.69) is 27.7 Å². The van der Waals surface area contributed by atoms with Crippen molar-refractivity contribution in [3.63, 3.8) is 0 Å². The summed E-state index contributed by atoms with van der Waals surface area (Å²) in [6, 6.07) is 16.4. The van der Waals surface area contributed by atoms with E-state index < -0.39 is 11.8 Å². The molecule has 0 radical (unpaired) electrons. The molecule has 0 aromatic heterocycles. The Morgan fingerprint density at radius 1 is 1.00 bits per heavy atom. The molecule has 2 aromatic rings. The first-order valence-corrected chi connectivity index (χ1v) is 8.84. The minimum absolute atomic E-state index is 0.131. The number of nitrogens with one attached hydrogen (secondary N) is 3. The second-order valence-electron chi connectivity index (χ2n) is 5.82. The molecule has 0 aliphatic heterocycles. The van der Waals surface area contributed by atoms with Crippen LogP contribution in [0.2, 0.25) is 0 Å². The van der Waals surface area contributed by atoms with Gasteiger partial charge in [0, 0.05) is 13.1 Å². The van der Waals surface area contributed by atoms with Gasteiger partial charge in [-0.15, -0.1) is 6.58 Å². The van der Waals surface area contributed by atoms with Crippen molar-refractivity contribution in [2.45, 2.75) is 6.54 Å². The topological polar surface area (TPSA) is 109 Å². The number of carbonyl (C=O) groups is 3. The van der Waals surface area contributed by atoms with Crippen molar-refractivity contribution in [2.75, 3.05) is 13.2 Å². The van der Waals surface area contributed by atoms with Gasteiger partial charge in [-0.1, -0.05) is 48.5 Å². The largest absolute Gasteiger partial charge is 0.484 e. The fraction of sp³-hybridized carbons (Fsp3) is 0.143. The summed E-state index contributed by atoms with van der Waals surface area (Å²) in [4.78, 5) is 34.8. The molecular formula is C21H22N4O4. The van der Waals surface area contributed by atoms with Crippen molar-refractivity contribution >= 4 is 23.9 Å². The zero-order valence-electron chi connectivity index (χ0n) is 15.8. The highest BCUT2D eigenvalue weighted by molar-refractivity contribution is 6.35. The normalized spacial score (nSPS) is 10.2. The predicted molar refractivity (Wildman–Crippen MR) is 109 cm³/mol.